The van der Waals surface area contributed by atoms with Crippen LogP contribution in [0.1, 0.15) is 19.3 Å². The summed E-state index contributed by atoms with van der Waals surface area (Å²) in [5.74, 6) is 0. The number of hydrogen-bond donors (Lipinski definition) is 0. The van der Waals surface area contributed by atoms with Crippen LogP contribution in [0.3, 0.4) is 0 Å². The average molecular weight is 185 g/mol. The summed E-state index contributed by atoms with van der Waals surface area (Å²) in [7, 11) is 0. The van der Waals surface area contributed by atoms with E-state index in [1.54, 1.807) is 0 Å². The van der Waals surface area contributed by atoms with E-state index in [1.807, 2.05) is 0 Å². The van der Waals surface area contributed by atoms with E-state index in [9.17, 15) is 0 Å². The summed E-state index contributed by atoms with van der Waals surface area (Å²) < 4.78 is 0. The lowest BCUT2D eigenvalue weighted by molar-refractivity contribution is 0.203. The maximum atomic E-state index is 8.81. The standard InChI is InChI=1S/C9H13ClN2/c1-8(10)7-12-5-3-2-4-9(12)6-11/h9H,1-5,7H2. The average Bonchev–Trinajstić information content (AvgIpc) is 2.04. The van der Waals surface area contributed by atoms with Crippen molar-refractivity contribution in [2.45, 2.75) is 25.3 Å². The minimum absolute atomic E-state index is 0.0502. The minimum Gasteiger partial charge on any atom is -0.283 e. The molecule has 0 radical (unpaired) electrons. The van der Waals surface area contributed by atoms with E-state index in [2.05, 4.69) is 17.5 Å². The normalized spacial score (nSPS) is 24.8. The molecule has 1 atom stereocenters. The number of nitriles is 1. The molecule has 0 bridgehead atoms. The van der Waals surface area contributed by atoms with Crippen molar-refractivity contribution in [1.82, 2.24) is 4.90 Å². The van der Waals surface area contributed by atoms with Crippen molar-refractivity contribution in [1.29, 1.82) is 5.26 Å². The molecular formula is C9H13ClN2. The lowest BCUT2D eigenvalue weighted by Gasteiger charge is -2.30. The van der Waals surface area contributed by atoms with Gasteiger partial charge in [-0.2, -0.15) is 5.26 Å². The molecule has 0 aromatic rings. The van der Waals surface area contributed by atoms with Gasteiger partial charge in [0.05, 0.1) is 12.1 Å². The molecule has 0 aliphatic carbocycles. The van der Waals surface area contributed by atoms with Gasteiger partial charge in [-0.05, 0) is 25.8 Å². The molecule has 0 N–H and O–H groups in total. The lowest BCUT2D eigenvalue weighted by Crippen LogP contribution is -2.39. The number of halogens is 1. The third-order valence-electron chi connectivity index (χ3n) is 2.14. The molecule has 1 fully saturated rings. The highest BCUT2D eigenvalue weighted by Gasteiger charge is 2.21. The number of hydrogen-bond acceptors (Lipinski definition) is 2. The third kappa shape index (κ3) is 2.51. The van der Waals surface area contributed by atoms with Gasteiger partial charge in [-0.15, -0.1) is 0 Å². The van der Waals surface area contributed by atoms with Crippen LogP contribution >= 0.6 is 11.6 Å². The van der Waals surface area contributed by atoms with E-state index in [1.165, 1.54) is 6.42 Å². The molecule has 66 valence electrons. The second-order valence-corrected chi connectivity index (χ2v) is 3.66. The van der Waals surface area contributed by atoms with Gasteiger partial charge in [0.1, 0.15) is 0 Å². The van der Waals surface area contributed by atoms with Gasteiger partial charge in [0.2, 0.25) is 0 Å². The highest BCUT2D eigenvalue weighted by Crippen LogP contribution is 2.17. The lowest BCUT2D eigenvalue weighted by atomic mass is 10.0. The third-order valence-corrected chi connectivity index (χ3v) is 2.26. The van der Waals surface area contributed by atoms with Crippen molar-refractivity contribution in [2.24, 2.45) is 0 Å². The largest absolute Gasteiger partial charge is 0.283 e. The zero-order valence-electron chi connectivity index (χ0n) is 7.09. The predicted molar refractivity (Wildman–Crippen MR) is 49.8 cm³/mol. The molecule has 2 nitrogen and oxygen atoms in total. The van der Waals surface area contributed by atoms with Gasteiger partial charge in [-0.1, -0.05) is 18.2 Å². The summed E-state index contributed by atoms with van der Waals surface area (Å²) in [5, 5.41) is 9.43. The Labute approximate surface area is 78.4 Å². The molecule has 1 unspecified atom stereocenters. The van der Waals surface area contributed by atoms with Crippen molar-refractivity contribution < 1.29 is 0 Å². The molecule has 0 aromatic heterocycles. The zero-order valence-corrected chi connectivity index (χ0v) is 7.85. The quantitative estimate of drug-likeness (QED) is 0.658. The summed E-state index contributed by atoms with van der Waals surface area (Å²) in [6.45, 7) is 5.26. The summed E-state index contributed by atoms with van der Waals surface area (Å²) in [6, 6.07) is 2.34. The van der Waals surface area contributed by atoms with Gasteiger partial charge in [-0.3, -0.25) is 4.90 Å². The van der Waals surface area contributed by atoms with Gasteiger partial charge in [0.15, 0.2) is 0 Å². The molecule has 3 heteroatoms. The Morgan fingerprint density at radius 3 is 3.00 bits per heavy atom. The monoisotopic (exact) mass is 184 g/mol. The zero-order chi connectivity index (χ0) is 8.97. The summed E-state index contributed by atoms with van der Waals surface area (Å²) >= 11 is 5.69. The first-order valence-electron chi connectivity index (χ1n) is 4.21. The first-order valence-corrected chi connectivity index (χ1v) is 4.59. The number of rotatable bonds is 2. The minimum atomic E-state index is 0.0502. The van der Waals surface area contributed by atoms with Crippen molar-refractivity contribution in [3.63, 3.8) is 0 Å². The molecule has 0 saturated carbocycles. The molecule has 1 heterocycles. The van der Waals surface area contributed by atoms with E-state index in [-0.39, 0.29) is 6.04 Å². The molecule has 1 aliphatic heterocycles. The Kier molecular flexibility index (Phi) is 3.58. The van der Waals surface area contributed by atoms with Gasteiger partial charge < -0.3 is 0 Å². The fourth-order valence-corrected chi connectivity index (χ4v) is 1.70. The Morgan fingerprint density at radius 2 is 2.42 bits per heavy atom. The summed E-state index contributed by atoms with van der Waals surface area (Å²) in [6.07, 6.45) is 3.30. The maximum absolute atomic E-state index is 8.81. The van der Waals surface area contributed by atoms with Crippen LogP contribution < -0.4 is 0 Å². The first-order chi connectivity index (χ1) is 5.74. The van der Waals surface area contributed by atoms with Gasteiger partial charge in [-0.25, -0.2) is 0 Å². The maximum Gasteiger partial charge on any atom is 0.0981 e. The first kappa shape index (κ1) is 9.57. The molecule has 1 saturated heterocycles. The van der Waals surface area contributed by atoms with Gasteiger partial charge in [0.25, 0.3) is 0 Å². The fraction of sp³-hybridized carbons (Fsp3) is 0.667. The SMILES string of the molecule is C=C(Cl)CN1CCCCC1C#N. The topological polar surface area (TPSA) is 27.0 Å². The molecular weight excluding hydrogens is 172 g/mol. The van der Waals surface area contributed by atoms with Crippen LogP contribution in [0, 0.1) is 11.3 Å². The molecule has 1 aliphatic rings. The van der Waals surface area contributed by atoms with Crippen LogP contribution in [0.15, 0.2) is 11.6 Å². The van der Waals surface area contributed by atoms with Crippen molar-refractivity contribution in [2.75, 3.05) is 13.1 Å². The van der Waals surface area contributed by atoms with Crippen molar-refractivity contribution in [3.8, 4) is 6.07 Å². The van der Waals surface area contributed by atoms with E-state index in [0.717, 1.165) is 19.4 Å². The number of piperidine rings is 1. The van der Waals surface area contributed by atoms with Crippen LogP contribution in [0.5, 0.6) is 0 Å². The van der Waals surface area contributed by atoms with Crippen LogP contribution in [0.4, 0.5) is 0 Å². The highest BCUT2D eigenvalue weighted by atomic mass is 35.5. The van der Waals surface area contributed by atoms with Gasteiger partial charge >= 0.3 is 0 Å². The van der Waals surface area contributed by atoms with Crippen molar-refractivity contribution in [3.05, 3.63) is 11.6 Å². The Balaban J connectivity index is 2.48. The number of nitrogens with zero attached hydrogens (tertiary/aromatic N) is 2. The Hall–Kier alpha value is -0.520. The van der Waals surface area contributed by atoms with Crippen molar-refractivity contribution >= 4 is 11.6 Å². The van der Waals surface area contributed by atoms with E-state index >= 15 is 0 Å². The van der Waals surface area contributed by atoms with Crippen LogP contribution in [-0.2, 0) is 0 Å². The highest BCUT2D eigenvalue weighted by molar-refractivity contribution is 6.29. The van der Waals surface area contributed by atoms with E-state index in [4.69, 9.17) is 16.9 Å². The molecule has 0 aromatic carbocycles. The molecule has 0 amide bonds. The second-order valence-electron chi connectivity index (χ2n) is 3.13. The van der Waals surface area contributed by atoms with E-state index in [0.29, 0.717) is 11.6 Å². The van der Waals surface area contributed by atoms with E-state index < -0.39 is 0 Å². The van der Waals surface area contributed by atoms with Gasteiger partial charge in [0, 0.05) is 11.6 Å². The summed E-state index contributed by atoms with van der Waals surface area (Å²) in [4.78, 5) is 2.10. The molecule has 0 spiro atoms. The molecule has 12 heavy (non-hydrogen) atoms. The van der Waals surface area contributed by atoms with Crippen LogP contribution in [-0.4, -0.2) is 24.0 Å². The smallest absolute Gasteiger partial charge is 0.0981 e. The van der Waals surface area contributed by atoms with Crippen LogP contribution in [0.25, 0.3) is 0 Å². The number of likely N-dealkylation sites (tertiary alicyclic amines) is 1. The molecule has 1 rings (SSSR count). The fourth-order valence-electron chi connectivity index (χ4n) is 1.55. The predicted octanol–water partition coefficient (Wildman–Crippen LogP) is 2.12. The summed E-state index contributed by atoms with van der Waals surface area (Å²) in [5.41, 5.74) is 0. The Morgan fingerprint density at radius 1 is 1.67 bits per heavy atom. The second kappa shape index (κ2) is 4.49. The Bertz CT molecular complexity index is 207. The van der Waals surface area contributed by atoms with Crippen LogP contribution in [0.2, 0.25) is 0 Å².